The van der Waals surface area contributed by atoms with Crippen LogP contribution in [-0.4, -0.2) is 35.6 Å². The molecule has 3 fully saturated rings. The summed E-state index contributed by atoms with van der Waals surface area (Å²) in [5.41, 5.74) is 7.61. The Morgan fingerprint density at radius 1 is 1.10 bits per heavy atom. The van der Waals surface area contributed by atoms with Gasteiger partial charge < -0.3 is 15.2 Å². The number of likely N-dealkylation sites (tertiary alicyclic amines) is 1. The van der Waals surface area contributed by atoms with Gasteiger partial charge in [-0.15, -0.1) is 0 Å². The van der Waals surface area contributed by atoms with E-state index in [1.54, 1.807) is 0 Å². The minimum absolute atomic E-state index is 0.0446. The van der Waals surface area contributed by atoms with Gasteiger partial charge in [-0.1, -0.05) is 29.6 Å². The molecule has 1 aromatic heterocycles. The topological polar surface area (TPSA) is 72.4 Å². The quantitative estimate of drug-likeness (QED) is 0.624. The van der Waals surface area contributed by atoms with Crippen LogP contribution in [-0.2, 0) is 4.79 Å². The lowest BCUT2D eigenvalue weighted by molar-refractivity contribution is -0.124. The number of benzene rings is 1. The Bertz CT molecular complexity index is 909. The van der Waals surface area contributed by atoms with Crippen molar-refractivity contribution in [3.05, 3.63) is 28.9 Å². The van der Waals surface area contributed by atoms with Crippen LogP contribution in [0, 0.1) is 23.7 Å². The number of fused-ring (bicyclic) bond motifs is 1. The van der Waals surface area contributed by atoms with E-state index >= 15 is 0 Å². The first kappa shape index (κ1) is 21.3. The van der Waals surface area contributed by atoms with E-state index in [2.05, 4.69) is 10.1 Å². The molecule has 1 atom stereocenters. The van der Waals surface area contributed by atoms with Gasteiger partial charge in [0, 0.05) is 28.3 Å². The summed E-state index contributed by atoms with van der Waals surface area (Å²) >= 11 is 6.07. The van der Waals surface area contributed by atoms with E-state index in [1.165, 1.54) is 51.5 Å². The van der Waals surface area contributed by atoms with Crippen molar-refractivity contribution < 1.29 is 9.32 Å². The van der Waals surface area contributed by atoms with E-state index in [4.69, 9.17) is 21.9 Å². The van der Waals surface area contributed by atoms with Gasteiger partial charge >= 0.3 is 0 Å². The lowest BCUT2D eigenvalue weighted by Crippen LogP contribution is -2.36. The van der Waals surface area contributed by atoms with Crippen LogP contribution in [0.1, 0.15) is 69.4 Å². The van der Waals surface area contributed by atoms with Crippen molar-refractivity contribution in [1.29, 1.82) is 0 Å². The number of piperidine rings is 1. The highest BCUT2D eigenvalue weighted by Gasteiger charge is 2.41. The van der Waals surface area contributed by atoms with Crippen molar-refractivity contribution in [3.8, 4) is 0 Å². The van der Waals surface area contributed by atoms with E-state index in [0.717, 1.165) is 48.5 Å². The number of hydrogen-bond donors (Lipinski definition) is 1. The van der Waals surface area contributed by atoms with Crippen molar-refractivity contribution >= 4 is 28.5 Å². The number of hydrogen-bond acceptors (Lipinski definition) is 4. The number of amides is 1. The predicted molar refractivity (Wildman–Crippen MR) is 123 cm³/mol. The summed E-state index contributed by atoms with van der Waals surface area (Å²) in [6.45, 7) is 3.46. The maximum Gasteiger partial charge on any atom is 0.221 e. The molecular formula is C25H34ClN3O2. The molecule has 2 saturated carbocycles. The minimum atomic E-state index is -0.0446. The molecule has 6 heteroatoms. The highest BCUT2D eigenvalue weighted by Crippen LogP contribution is 2.46. The number of carbonyl (C=O) groups excluding carboxylic acids is 1. The second kappa shape index (κ2) is 9.11. The fraction of sp³-hybridized carbons (Fsp3) is 0.680. The number of rotatable bonds is 7. The van der Waals surface area contributed by atoms with Crippen LogP contribution >= 0.6 is 11.6 Å². The zero-order valence-corrected chi connectivity index (χ0v) is 19.0. The van der Waals surface area contributed by atoms with E-state index < -0.39 is 0 Å². The van der Waals surface area contributed by atoms with E-state index in [-0.39, 0.29) is 11.8 Å². The normalized spacial score (nSPS) is 26.9. The SMILES string of the molecule is NC(=O)C(C1CCC(CCN2CCC(c3noc4cc(Cl)ccc34)CC2)CC1)C1CC1. The van der Waals surface area contributed by atoms with Gasteiger partial charge in [-0.05, 0) is 94.5 Å². The summed E-state index contributed by atoms with van der Waals surface area (Å²) in [5, 5.41) is 6.17. The van der Waals surface area contributed by atoms with Gasteiger partial charge in [-0.3, -0.25) is 4.79 Å². The summed E-state index contributed by atoms with van der Waals surface area (Å²) < 4.78 is 5.52. The number of aromatic nitrogens is 1. The number of nitrogens with two attached hydrogens (primary N) is 1. The van der Waals surface area contributed by atoms with Crippen molar-refractivity contribution in [2.75, 3.05) is 19.6 Å². The molecule has 2 aliphatic carbocycles. The number of primary amides is 1. The van der Waals surface area contributed by atoms with Crippen LogP contribution < -0.4 is 5.73 Å². The Kier molecular flexibility index (Phi) is 6.25. The van der Waals surface area contributed by atoms with Crippen molar-refractivity contribution in [1.82, 2.24) is 10.1 Å². The van der Waals surface area contributed by atoms with Gasteiger partial charge in [0.25, 0.3) is 0 Å². The second-order valence-corrected chi connectivity index (χ2v) is 10.6. The fourth-order valence-corrected chi connectivity index (χ4v) is 6.32. The smallest absolute Gasteiger partial charge is 0.221 e. The minimum Gasteiger partial charge on any atom is -0.369 e. The Morgan fingerprint density at radius 3 is 2.42 bits per heavy atom. The van der Waals surface area contributed by atoms with Crippen LogP contribution in [0.4, 0.5) is 0 Å². The second-order valence-electron chi connectivity index (χ2n) is 10.2. The standard InChI is InChI=1S/C25H34ClN3O2/c26-20-7-8-21-22(15-20)31-28-24(21)19-10-13-29(14-11-19)12-9-16-1-3-17(4-2-16)23(25(27)30)18-5-6-18/h7-8,15-19,23H,1-6,9-14H2,(H2,27,30). The van der Waals surface area contributed by atoms with Crippen molar-refractivity contribution in [2.45, 2.75) is 63.7 Å². The Balaban J connectivity index is 1.07. The fourth-order valence-electron chi connectivity index (χ4n) is 6.16. The molecule has 0 spiro atoms. The maximum atomic E-state index is 11.9. The predicted octanol–water partition coefficient (Wildman–Crippen LogP) is 5.37. The third-order valence-electron chi connectivity index (χ3n) is 8.15. The van der Waals surface area contributed by atoms with Gasteiger partial charge in [0.15, 0.2) is 5.58 Å². The van der Waals surface area contributed by atoms with Crippen LogP contribution in [0.15, 0.2) is 22.7 Å². The average molecular weight is 444 g/mol. The Hall–Kier alpha value is -1.59. The lowest BCUT2D eigenvalue weighted by Gasteiger charge is -2.35. The molecular weight excluding hydrogens is 410 g/mol. The molecule has 2 N–H and O–H groups in total. The Morgan fingerprint density at radius 2 is 1.77 bits per heavy atom. The monoisotopic (exact) mass is 443 g/mol. The van der Waals surface area contributed by atoms with Crippen molar-refractivity contribution in [2.24, 2.45) is 29.4 Å². The summed E-state index contributed by atoms with van der Waals surface area (Å²) in [6.07, 6.45) is 10.9. The van der Waals surface area contributed by atoms with E-state index in [1.807, 2.05) is 18.2 Å². The molecule has 1 amide bonds. The Labute approximate surface area is 189 Å². The highest BCUT2D eigenvalue weighted by molar-refractivity contribution is 6.31. The largest absolute Gasteiger partial charge is 0.369 e. The summed E-state index contributed by atoms with van der Waals surface area (Å²) in [6, 6.07) is 5.82. The molecule has 3 aliphatic rings. The molecule has 2 heterocycles. The number of halogens is 1. The third kappa shape index (κ3) is 4.78. The molecule has 168 valence electrons. The van der Waals surface area contributed by atoms with Gasteiger partial charge in [-0.2, -0.15) is 0 Å². The molecule has 31 heavy (non-hydrogen) atoms. The van der Waals surface area contributed by atoms with Crippen LogP contribution in [0.5, 0.6) is 0 Å². The van der Waals surface area contributed by atoms with E-state index in [9.17, 15) is 4.79 Å². The van der Waals surface area contributed by atoms with Crippen molar-refractivity contribution in [3.63, 3.8) is 0 Å². The molecule has 1 aromatic carbocycles. The molecule has 5 nitrogen and oxygen atoms in total. The molecule has 0 bridgehead atoms. The molecule has 5 rings (SSSR count). The molecule has 1 saturated heterocycles. The van der Waals surface area contributed by atoms with Crippen LogP contribution in [0.3, 0.4) is 0 Å². The number of nitrogens with zero attached hydrogens (tertiary/aromatic N) is 2. The zero-order chi connectivity index (χ0) is 21.4. The highest BCUT2D eigenvalue weighted by atomic mass is 35.5. The maximum absolute atomic E-state index is 11.9. The van der Waals surface area contributed by atoms with Gasteiger partial charge in [0.05, 0.1) is 5.69 Å². The van der Waals surface area contributed by atoms with Crippen LogP contribution in [0.25, 0.3) is 11.0 Å². The first-order valence-electron chi connectivity index (χ1n) is 12.1. The van der Waals surface area contributed by atoms with Crippen LogP contribution in [0.2, 0.25) is 5.02 Å². The molecule has 1 unspecified atom stereocenters. The molecule has 0 radical (unpaired) electrons. The van der Waals surface area contributed by atoms with Gasteiger partial charge in [0.1, 0.15) is 0 Å². The average Bonchev–Trinajstić information content (AvgIpc) is 3.51. The lowest BCUT2D eigenvalue weighted by atomic mass is 9.73. The zero-order valence-electron chi connectivity index (χ0n) is 18.3. The summed E-state index contributed by atoms with van der Waals surface area (Å²) in [7, 11) is 0. The summed E-state index contributed by atoms with van der Waals surface area (Å²) in [4.78, 5) is 14.5. The first-order valence-corrected chi connectivity index (χ1v) is 12.5. The van der Waals surface area contributed by atoms with E-state index in [0.29, 0.717) is 22.8 Å². The number of carbonyl (C=O) groups is 1. The molecule has 1 aliphatic heterocycles. The van der Waals surface area contributed by atoms with Gasteiger partial charge in [-0.25, -0.2) is 0 Å². The molecule has 2 aromatic rings. The third-order valence-corrected chi connectivity index (χ3v) is 8.38. The summed E-state index contributed by atoms with van der Waals surface area (Å²) in [5.74, 6) is 2.54. The van der Waals surface area contributed by atoms with Gasteiger partial charge in [0.2, 0.25) is 5.91 Å². The first-order chi connectivity index (χ1) is 15.1.